The third kappa shape index (κ3) is 4.35. The Morgan fingerprint density at radius 2 is 2.00 bits per heavy atom. The van der Waals surface area contributed by atoms with Crippen LogP contribution in [0.2, 0.25) is 0 Å². The van der Waals surface area contributed by atoms with Gasteiger partial charge in [0.05, 0.1) is 12.4 Å². The Balaban J connectivity index is 1.68. The zero-order valence-electron chi connectivity index (χ0n) is 16.2. The molecule has 0 aromatic carbocycles. The third-order valence-corrected chi connectivity index (χ3v) is 5.75. The minimum absolute atomic E-state index is 0.131. The number of nitrogens with one attached hydrogen (secondary N) is 2. The van der Waals surface area contributed by atoms with Gasteiger partial charge in [0.2, 0.25) is 0 Å². The molecule has 5 atom stereocenters. The molecule has 2 aromatic heterocycles. The van der Waals surface area contributed by atoms with Crippen molar-refractivity contribution in [2.24, 2.45) is 11.7 Å². The van der Waals surface area contributed by atoms with Crippen LogP contribution in [0, 0.1) is 5.92 Å². The molecule has 0 aliphatic carbocycles. The van der Waals surface area contributed by atoms with Crippen molar-refractivity contribution in [1.29, 1.82) is 0 Å². The van der Waals surface area contributed by atoms with Crippen molar-refractivity contribution in [3.63, 3.8) is 0 Å². The average Bonchev–Trinajstić information content (AvgIpc) is 3.22. The molecule has 2 aromatic rings. The molecule has 1 amide bonds. The maximum atomic E-state index is 12.1. The van der Waals surface area contributed by atoms with Crippen molar-refractivity contribution in [3.8, 4) is 0 Å². The number of carbonyl (C=O) groups excluding carboxylic acids is 1. The van der Waals surface area contributed by atoms with E-state index < -0.39 is 53.2 Å². The molecule has 1 aliphatic heterocycles. The van der Waals surface area contributed by atoms with Gasteiger partial charge in [-0.3, -0.25) is 9.36 Å². The van der Waals surface area contributed by atoms with Gasteiger partial charge >= 0.3 is 10.2 Å². The fraction of sp³-hybridized carbons (Fsp3) is 0.600. The number of nitrogens with two attached hydrogens (primary N) is 2. The van der Waals surface area contributed by atoms with Gasteiger partial charge in [-0.05, 0) is 5.92 Å². The van der Waals surface area contributed by atoms with Crippen LogP contribution in [0.1, 0.15) is 20.1 Å². The summed E-state index contributed by atoms with van der Waals surface area (Å²) in [6, 6.07) is -1.01. The lowest BCUT2D eigenvalue weighted by Gasteiger charge is -2.18. The number of nitrogen functional groups attached to an aromatic ring is 1. The number of ether oxygens (including phenoxy) is 1. The number of aliphatic hydroxyl groups excluding tert-OH is 2. The van der Waals surface area contributed by atoms with Crippen molar-refractivity contribution in [2.75, 3.05) is 12.3 Å². The molecule has 166 valence electrons. The fourth-order valence-corrected chi connectivity index (χ4v) is 3.77. The second-order valence-electron chi connectivity index (χ2n) is 7.22. The van der Waals surface area contributed by atoms with Crippen LogP contribution in [0.3, 0.4) is 0 Å². The highest BCUT2D eigenvalue weighted by Gasteiger charge is 2.44. The number of aromatic nitrogens is 4. The van der Waals surface area contributed by atoms with Gasteiger partial charge in [-0.25, -0.2) is 19.7 Å². The number of hydrogen-bond donors (Lipinski definition) is 6. The quantitative estimate of drug-likeness (QED) is 0.252. The van der Waals surface area contributed by atoms with Crippen molar-refractivity contribution in [2.45, 2.75) is 44.4 Å². The molecule has 0 bridgehead atoms. The standard InChI is InChI=1S/C15H24N8O6S/c1-6(2)8(16)14(26)22-30(27,28)21-3-7-10(24)11(25)15(29-7)23-5-20-9-12(17)18-4-19-13(9)23/h4-8,10-11,15,21,24-25H,3,16H2,1-2H3,(H,22,26)(H2,17,18,19)/t7-,8+,10-,11-,15-/m1/s1. The first-order chi connectivity index (χ1) is 14.0. The van der Waals surface area contributed by atoms with Crippen LogP contribution in [0.4, 0.5) is 5.82 Å². The normalized spacial score (nSPS) is 25.7. The van der Waals surface area contributed by atoms with Crippen molar-refractivity contribution >= 4 is 33.1 Å². The van der Waals surface area contributed by atoms with Gasteiger partial charge in [-0.1, -0.05) is 13.8 Å². The van der Waals surface area contributed by atoms with Crippen molar-refractivity contribution in [1.82, 2.24) is 29.0 Å². The molecular formula is C15H24N8O6S. The Morgan fingerprint density at radius 3 is 2.67 bits per heavy atom. The summed E-state index contributed by atoms with van der Waals surface area (Å²) in [5.74, 6) is -1.00. The number of amides is 1. The summed E-state index contributed by atoms with van der Waals surface area (Å²) in [6.07, 6.45) is -2.52. The first-order valence-corrected chi connectivity index (χ1v) is 10.5. The van der Waals surface area contributed by atoms with Crippen molar-refractivity contribution < 1.29 is 28.2 Å². The second kappa shape index (κ2) is 8.37. The lowest BCUT2D eigenvalue weighted by Crippen LogP contribution is -2.51. The number of imidazole rings is 1. The number of hydrogen-bond acceptors (Lipinski definition) is 11. The second-order valence-corrected chi connectivity index (χ2v) is 8.72. The Kier molecular flexibility index (Phi) is 6.21. The SMILES string of the molecule is CC(C)[C@H](N)C(=O)NS(=O)(=O)NC[C@H]1O[C@@H](n2cnc3c(N)ncnc32)[C@H](O)[C@@H]1O. The Labute approximate surface area is 171 Å². The molecule has 1 saturated heterocycles. The van der Waals surface area contributed by atoms with E-state index in [-0.39, 0.29) is 22.9 Å². The maximum Gasteiger partial charge on any atom is 0.301 e. The summed E-state index contributed by atoms with van der Waals surface area (Å²) < 4.78 is 35.1. The van der Waals surface area contributed by atoms with E-state index in [0.29, 0.717) is 0 Å². The molecule has 1 fully saturated rings. The molecule has 1 aliphatic rings. The van der Waals surface area contributed by atoms with Gasteiger partial charge in [0.15, 0.2) is 17.7 Å². The molecule has 0 saturated carbocycles. The van der Waals surface area contributed by atoms with E-state index in [1.165, 1.54) is 17.2 Å². The van der Waals surface area contributed by atoms with Crippen LogP contribution < -0.4 is 20.9 Å². The lowest BCUT2D eigenvalue weighted by atomic mass is 10.1. The van der Waals surface area contributed by atoms with Gasteiger partial charge in [-0.15, -0.1) is 0 Å². The largest absolute Gasteiger partial charge is 0.387 e. The molecule has 30 heavy (non-hydrogen) atoms. The van der Waals surface area contributed by atoms with E-state index in [0.717, 1.165) is 0 Å². The van der Waals surface area contributed by atoms with Gasteiger partial charge in [0.1, 0.15) is 30.2 Å². The summed E-state index contributed by atoms with van der Waals surface area (Å²) in [6.45, 7) is 2.93. The molecule has 0 unspecified atom stereocenters. The van der Waals surface area contributed by atoms with E-state index in [1.807, 2.05) is 4.72 Å². The number of nitrogens with zero attached hydrogens (tertiary/aromatic N) is 4. The highest BCUT2D eigenvalue weighted by Crippen LogP contribution is 2.31. The van der Waals surface area contributed by atoms with Crippen molar-refractivity contribution in [3.05, 3.63) is 12.7 Å². The molecular weight excluding hydrogens is 420 g/mol. The smallest absolute Gasteiger partial charge is 0.301 e. The Bertz CT molecular complexity index is 1030. The maximum absolute atomic E-state index is 12.1. The molecule has 15 heteroatoms. The van der Waals surface area contributed by atoms with Crippen LogP contribution in [0.5, 0.6) is 0 Å². The first-order valence-electron chi connectivity index (χ1n) is 9.03. The molecule has 8 N–H and O–H groups in total. The van der Waals surface area contributed by atoms with Crippen LogP contribution in [0.15, 0.2) is 12.7 Å². The summed E-state index contributed by atoms with van der Waals surface area (Å²) in [5.41, 5.74) is 11.9. The third-order valence-electron chi connectivity index (χ3n) is 4.73. The highest BCUT2D eigenvalue weighted by atomic mass is 32.2. The van der Waals surface area contributed by atoms with Crippen LogP contribution >= 0.6 is 0 Å². The summed E-state index contributed by atoms with van der Waals surface area (Å²) >= 11 is 0. The fourth-order valence-electron chi connectivity index (χ4n) is 2.92. The van der Waals surface area contributed by atoms with Gasteiger partial charge in [-0.2, -0.15) is 13.1 Å². The van der Waals surface area contributed by atoms with Crippen LogP contribution in [-0.2, 0) is 19.7 Å². The summed E-state index contributed by atoms with van der Waals surface area (Å²) in [4.78, 5) is 23.8. The van der Waals surface area contributed by atoms with Gasteiger partial charge in [0.25, 0.3) is 5.91 Å². The molecule has 3 heterocycles. The average molecular weight is 444 g/mol. The van der Waals surface area contributed by atoms with Gasteiger partial charge < -0.3 is 26.4 Å². The lowest BCUT2D eigenvalue weighted by molar-refractivity contribution is -0.121. The predicted octanol–water partition coefficient (Wildman–Crippen LogP) is -3.04. The predicted molar refractivity (Wildman–Crippen MR) is 104 cm³/mol. The minimum atomic E-state index is -4.26. The molecule has 0 spiro atoms. The minimum Gasteiger partial charge on any atom is -0.387 e. The molecule has 0 radical (unpaired) electrons. The zero-order valence-corrected chi connectivity index (χ0v) is 17.0. The van der Waals surface area contributed by atoms with E-state index in [2.05, 4.69) is 19.7 Å². The van der Waals surface area contributed by atoms with E-state index in [9.17, 15) is 23.4 Å². The zero-order chi connectivity index (χ0) is 22.2. The molecule has 14 nitrogen and oxygen atoms in total. The van der Waals surface area contributed by atoms with Crippen LogP contribution in [0.25, 0.3) is 11.2 Å². The van der Waals surface area contributed by atoms with Gasteiger partial charge in [0, 0.05) is 6.54 Å². The van der Waals surface area contributed by atoms with Crippen LogP contribution in [-0.4, -0.2) is 75.0 Å². The first kappa shape index (κ1) is 22.3. The number of aliphatic hydroxyl groups is 2. The molecule has 3 rings (SSSR count). The Morgan fingerprint density at radius 1 is 1.30 bits per heavy atom. The number of rotatable bonds is 7. The van der Waals surface area contributed by atoms with E-state index in [1.54, 1.807) is 13.8 Å². The highest BCUT2D eigenvalue weighted by molar-refractivity contribution is 7.88. The summed E-state index contributed by atoms with van der Waals surface area (Å²) in [7, 11) is -4.26. The Hall–Kier alpha value is -2.43. The topological polar surface area (TPSA) is 221 Å². The number of fused-ring (bicyclic) bond motifs is 1. The van der Waals surface area contributed by atoms with E-state index in [4.69, 9.17) is 16.2 Å². The van der Waals surface area contributed by atoms with E-state index >= 15 is 0 Å². The monoisotopic (exact) mass is 444 g/mol. The summed E-state index contributed by atoms with van der Waals surface area (Å²) in [5, 5.41) is 20.7. The number of anilines is 1. The number of carbonyl (C=O) groups is 1.